The van der Waals surface area contributed by atoms with Gasteiger partial charge in [-0.05, 0) is 191 Å². The lowest BCUT2D eigenvalue weighted by molar-refractivity contribution is 0.569. The van der Waals surface area contributed by atoms with Crippen LogP contribution in [0.15, 0.2) is 279 Å². The molecule has 0 saturated carbocycles. The van der Waals surface area contributed by atoms with E-state index in [4.69, 9.17) is 0 Å². The lowest BCUT2D eigenvalue weighted by Gasteiger charge is -2.47. The predicted octanol–water partition coefficient (Wildman–Crippen LogP) is 19.7. The van der Waals surface area contributed by atoms with E-state index in [1.165, 1.54) is 116 Å². The second-order valence-corrected chi connectivity index (χ2v) is 29.7. The van der Waals surface area contributed by atoms with E-state index in [-0.39, 0.29) is 29.7 Å². The molecule has 14 aromatic rings. The van der Waals surface area contributed by atoms with Gasteiger partial charge in [0.15, 0.2) is 0 Å². The Labute approximate surface area is 559 Å². The highest BCUT2D eigenvalue weighted by atomic mass is 15.2. The number of anilines is 12. The Morgan fingerprint density at radius 3 is 1.07 bits per heavy atom. The van der Waals surface area contributed by atoms with E-state index in [1.54, 1.807) is 0 Å². The lowest BCUT2D eigenvalue weighted by Crippen LogP contribution is -2.65. The van der Waals surface area contributed by atoms with E-state index in [9.17, 15) is 0 Å². The molecule has 0 radical (unpaired) electrons. The molecule has 13 aromatic carbocycles. The van der Waals surface area contributed by atoms with Crippen LogP contribution in [-0.2, 0) is 16.2 Å². The van der Waals surface area contributed by atoms with Gasteiger partial charge >= 0.3 is 0 Å². The van der Waals surface area contributed by atoms with Crippen LogP contribution in [-0.4, -0.2) is 18.0 Å². The van der Waals surface area contributed by atoms with E-state index in [2.05, 4.69) is 366 Å². The van der Waals surface area contributed by atoms with Gasteiger partial charge < -0.3 is 24.2 Å². The molecule has 0 atom stereocenters. The van der Waals surface area contributed by atoms with Crippen LogP contribution >= 0.6 is 0 Å². The highest BCUT2D eigenvalue weighted by molar-refractivity contribution is 7.03. The van der Waals surface area contributed by atoms with Gasteiger partial charge in [0.25, 0.3) is 13.4 Å². The summed E-state index contributed by atoms with van der Waals surface area (Å²) in [5.74, 6) is 0. The normalized spacial score (nSPS) is 13.8. The molecular weight excluding hydrogens is 1150 g/mol. The van der Waals surface area contributed by atoms with Gasteiger partial charge in [-0.3, -0.25) is 0 Å². The number of nitrogens with zero attached hydrogens (tertiary/aromatic N) is 5. The Morgan fingerprint density at radius 1 is 0.253 bits per heavy atom. The number of hydrogen-bond acceptors (Lipinski definition) is 4. The highest BCUT2D eigenvalue weighted by Gasteiger charge is 2.49. The molecule has 0 spiro atoms. The first-order valence-corrected chi connectivity index (χ1v) is 33.8. The summed E-state index contributed by atoms with van der Waals surface area (Å²) < 4.78 is 2.59. The van der Waals surface area contributed by atoms with Crippen molar-refractivity contribution in [2.75, 3.05) is 19.6 Å². The third-order valence-corrected chi connectivity index (χ3v) is 20.9. The van der Waals surface area contributed by atoms with Crippen LogP contribution in [0.25, 0.3) is 49.4 Å². The minimum atomic E-state index is -0.164. The van der Waals surface area contributed by atoms with Crippen LogP contribution in [0.3, 0.4) is 0 Å². The lowest BCUT2D eigenvalue weighted by atomic mass is 9.30. The van der Waals surface area contributed by atoms with Crippen molar-refractivity contribution in [3.8, 4) is 16.8 Å². The zero-order chi connectivity index (χ0) is 64.4. The number of hydrogen-bond donors (Lipinski definition) is 0. The standard InChI is InChI=1S/C88H73B2N5/c1-86(2,3)57-46-56(47-58(48-57)87(4,5)6)68-53-78-83(66-39-23-22-38-65(66)68)67-40-24-27-43-73(67)95(78)64-51-81-85-82(52-64)94(63-36-20-13-21-37-63)77-55-76-71(54-72(77)90(85)70-42-26-29-45-75(70)92(81)61-32-16-11-17-33-61)89-69-41-25-28-44-74(69)91(60-30-14-10-15-31-60)79-49-59(88(7,8)9)50-80(84(79)89)93(76)62-34-18-12-19-35-62/h10-55H,1-9H3. The van der Waals surface area contributed by atoms with Crippen LogP contribution in [0.4, 0.5) is 68.2 Å². The quantitative estimate of drug-likeness (QED) is 0.154. The van der Waals surface area contributed by atoms with Gasteiger partial charge in [-0.2, -0.15) is 0 Å². The molecule has 4 aliphatic rings. The summed E-state index contributed by atoms with van der Waals surface area (Å²) in [4.78, 5) is 10.3. The predicted molar refractivity (Wildman–Crippen MR) is 408 cm³/mol. The van der Waals surface area contributed by atoms with Crippen molar-refractivity contribution < 1.29 is 0 Å². The summed E-state index contributed by atoms with van der Waals surface area (Å²) in [6.07, 6.45) is 0. The summed E-state index contributed by atoms with van der Waals surface area (Å²) >= 11 is 0. The molecule has 0 N–H and O–H groups in total. The molecule has 0 amide bonds. The van der Waals surface area contributed by atoms with Gasteiger partial charge in [0, 0.05) is 79.0 Å². The first kappa shape index (κ1) is 57.0. The van der Waals surface area contributed by atoms with Crippen LogP contribution in [0, 0.1) is 0 Å². The minimum Gasteiger partial charge on any atom is -0.311 e. The van der Waals surface area contributed by atoms with Crippen LogP contribution < -0.4 is 52.4 Å². The fourth-order valence-electron chi connectivity index (χ4n) is 16.4. The molecule has 0 unspecified atom stereocenters. The molecule has 18 rings (SSSR count). The molecular formula is C88H73B2N5. The third-order valence-electron chi connectivity index (χ3n) is 20.9. The number of fused-ring (bicyclic) bond motifs is 13. The molecule has 0 aliphatic carbocycles. The Morgan fingerprint density at radius 2 is 0.621 bits per heavy atom. The van der Waals surface area contributed by atoms with Crippen molar-refractivity contribution in [2.24, 2.45) is 0 Å². The summed E-state index contributed by atoms with van der Waals surface area (Å²) in [5, 5.41) is 4.98. The molecule has 7 heteroatoms. The average molecular weight is 1220 g/mol. The van der Waals surface area contributed by atoms with E-state index >= 15 is 0 Å². The number of para-hydroxylation sites is 7. The maximum Gasteiger partial charge on any atom is 0.252 e. The SMILES string of the molecule is CC(C)(C)c1cc(-c2cc3c(c4ccccc24)c2ccccc2n3-c2cc3c4c(c2)N(c2ccccc2)c2cc5c(cc2B4c2ccccc2N3c2ccccc2)B2c3ccccc3N(c3ccccc3)c3cc(C(C)(C)C)cc(c32)N5c2ccccc2)cc(C(C)(C)C)c1. The zero-order valence-corrected chi connectivity index (χ0v) is 55.4. The molecule has 456 valence electrons. The molecule has 0 bridgehead atoms. The van der Waals surface area contributed by atoms with E-state index in [1.807, 2.05) is 0 Å². The summed E-state index contributed by atoms with van der Waals surface area (Å²) in [6.45, 7) is 20.9. The van der Waals surface area contributed by atoms with Crippen molar-refractivity contribution in [3.63, 3.8) is 0 Å². The van der Waals surface area contributed by atoms with E-state index < -0.39 is 0 Å². The zero-order valence-electron chi connectivity index (χ0n) is 55.4. The molecule has 0 saturated heterocycles. The molecule has 5 nitrogen and oxygen atoms in total. The van der Waals surface area contributed by atoms with Gasteiger partial charge in [-0.1, -0.05) is 238 Å². The fourth-order valence-corrected chi connectivity index (χ4v) is 16.4. The Balaban J connectivity index is 0.965. The van der Waals surface area contributed by atoms with Crippen LogP contribution in [0.1, 0.15) is 79.0 Å². The largest absolute Gasteiger partial charge is 0.311 e. The Hall–Kier alpha value is -10.8. The maximum absolute atomic E-state index is 2.65. The molecule has 4 aliphatic heterocycles. The molecule has 0 fully saturated rings. The minimum absolute atomic E-state index is 0.0611. The van der Waals surface area contributed by atoms with Crippen molar-refractivity contribution in [1.82, 2.24) is 4.57 Å². The number of rotatable bonds is 6. The van der Waals surface area contributed by atoms with Gasteiger partial charge in [0.2, 0.25) is 0 Å². The Kier molecular flexibility index (Phi) is 12.5. The van der Waals surface area contributed by atoms with E-state index in [0.29, 0.717) is 0 Å². The first-order chi connectivity index (χ1) is 46.1. The van der Waals surface area contributed by atoms with Gasteiger partial charge in [0.1, 0.15) is 0 Å². The van der Waals surface area contributed by atoms with Crippen LogP contribution in [0.5, 0.6) is 0 Å². The topological polar surface area (TPSA) is 17.9 Å². The van der Waals surface area contributed by atoms with Crippen LogP contribution in [0.2, 0.25) is 0 Å². The second-order valence-electron chi connectivity index (χ2n) is 29.7. The number of aromatic nitrogens is 1. The second kappa shape index (κ2) is 20.9. The molecule has 95 heavy (non-hydrogen) atoms. The van der Waals surface area contributed by atoms with E-state index in [0.717, 1.165) is 51.0 Å². The average Bonchev–Trinajstić information content (AvgIpc) is 0.705. The first-order valence-electron chi connectivity index (χ1n) is 33.8. The maximum atomic E-state index is 2.65. The third kappa shape index (κ3) is 8.71. The highest BCUT2D eigenvalue weighted by Crippen LogP contribution is 2.52. The van der Waals surface area contributed by atoms with Gasteiger partial charge in [0.05, 0.1) is 16.7 Å². The summed E-state index contributed by atoms with van der Waals surface area (Å²) in [6, 6.07) is 106. The summed E-state index contributed by atoms with van der Waals surface area (Å²) in [5.41, 5.74) is 31.2. The fraction of sp³-hybridized carbons (Fsp3) is 0.136. The smallest absolute Gasteiger partial charge is 0.252 e. The van der Waals surface area contributed by atoms with Crippen molar-refractivity contribution >= 4 is 147 Å². The summed E-state index contributed by atoms with van der Waals surface area (Å²) in [7, 11) is 0. The van der Waals surface area contributed by atoms with Crippen molar-refractivity contribution in [3.05, 3.63) is 296 Å². The molecule has 1 aromatic heterocycles. The van der Waals surface area contributed by atoms with Gasteiger partial charge in [-0.15, -0.1) is 0 Å². The van der Waals surface area contributed by atoms with Crippen molar-refractivity contribution in [2.45, 2.75) is 78.6 Å². The van der Waals surface area contributed by atoms with Gasteiger partial charge in [-0.25, -0.2) is 0 Å². The monoisotopic (exact) mass is 1220 g/mol. The van der Waals surface area contributed by atoms with Crippen molar-refractivity contribution in [1.29, 1.82) is 0 Å². The number of benzene rings is 13. The Bertz CT molecular complexity index is 5430. The molecule has 5 heterocycles.